The number of hydrogen-bond donors (Lipinski definition) is 0. The molecule has 0 unspecified atom stereocenters. The average Bonchev–Trinajstić information content (AvgIpc) is 3.36. The maximum absolute atomic E-state index is 13.5. The summed E-state index contributed by atoms with van der Waals surface area (Å²) in [6.45, 7) is 9.02. The van der Waals surface area contributed by atoms with E-state index in [0.29, 0.717) is 30.8 Å². The number of methoxy groups -OCH3 is 1. The number of likely N-dealkylation sites (tertiary alicyclic amines) is 1. The Hall–Kier alpha value is -3.45. The Balaban J connectivity index is 2.03. The second kappa shape index (κ2) is 13.0. The maximum Gasteiger partial charge on any atom is 0.416 e. The highest BCUT2D eigenvalue weighted by atomic mass is 19.4. The Kier molecular flexibility index (Phi) is 10.3. The highest BCUT2D eigenvalue weighted by Crippen LogP contribution is 2.38. The van der Waals surface area contributed by atoms with Gasteiger partial charge in [-0.15, -0.1) is 0 Å². The number of aryl methyl sites for hydroxylation is 1. The van der Waals surface area contributed by atoms with E-state index in [1.165, 1.54) is 0 Å². The summed E-state index contributed by atoms with van der Waals surface area (Å²) in [5.41, 5.74) is -3.42. The number of piperidine rings is 1. The lowest BCUT2D eigenvalue weighted by molar-refractivity contribution is -0.143. The van der Waals surface area contributed by atoms with Gasteiger partial charge >= 0.3 is 24.5 Å². The lowest BCUT2D eigenvalue weighted by atomic mass is 9.87. The van der Waals surface area contributed by atoms with E-state index in [9.17, 15) is 35.9 Å². The van der Waals surface area contributed by atoms with Crippen molar-refractivity contribution < 1.29 is 45.4 Å². The lowest BCUT2D eigenvalue weighted by Crippen LogP contribution is -2.58. The molecule has 0 radical (unpaired) electrons. The molecule has 0 saturated carbocycles. The first kappa shape index (κ1) is 34.0. The molecule has 1 aliphatic heterocycles. The number of amides is 2. The van der Waals surface area contributed by atoms with Crippen LogP contribution in [-0.4, -0.2) is 62.6 Å². The number of carbonyl (C=O) groups is 2. The number of rotatable bonds is 7. The molecule has 2 aromatic rings. The second-order valence-corrected chi connectivity index (χ2v) is 11.6. The summed E-state index contributed by atoms with van der Waals surface area (Å²) < 4.78 is 93.6. The van der Waals surface area contributed by atoms with Crippen LogP contribution in [0.25, 0.3) is 0 Å². The van der Waals surface area contributed by atoms with E-state index in [2.05, 4.69) is 5.10 Å². The fourth-order valence-corrected chi connectivity index (χ4v) is 5.36. The number of aromatic nitrogens is 2. The summed E-state index contributed by atoms with van der Waals surface area (Å²) in [6, 6.07) is 1.38. The first-order valence-electron chi connectivity index (χ1n) is 14.0. The molecule has 1 fully saturated rings. The lowest BCUT2D eigenvalue weighted by Gasteiger charge is -2.47. The smallest absolute Gasteiger partial charge is 0.416 e. The van der Waals surface area contributed by atoms with Crippen molar-refractivity contribution in [2.75, 3.05) is 7.11 Å². The molecular formula is C29H38F6N4O4. The summed E-state index contributed by atoms with van der Waals surface area (Å²) in [7, 11) is 1.09. The predicted octanol–water partition coefficient (Wildman–Crippen LogP) is 7.30. The third kappa shape index (κ3) is 8.79. The molecule has 8 nitrogen and oxygen atoms in total. The monoisotopic (exact) mass is 620 g/mol. The van der Waals surface area contributed by atoms with Crippen LogP contribution >= 0.6 is 0 Å². The Labute approximate surface area is 246 Å². The van der Waals surface area contributed by atoms with Crippen molar-refractivity contribution in [1.82, 2.24) is 19.6 Å². The molecule has 2 amide bonds. The fraction of sp³-hybridized carbons (Fsp3) is 0.621. The SMILES string of the molecule is CC[C@@H]1C[C@H](N(Cc2cc(C(F)(F)F)cc(C(F)(F)F)c2)C(=O)OC)C[C@H](Cc2ccn(CC)n2)N1C(=O)OC(C)(C)C. The van der Waals surface area contributed by atoms with Crippen LogP contribution in [0.15, 0.2) is 30.5 Å². The highest BCUT2D eigenvalue weighted by Gasteiger charge is 2.43. The van der Waals surface area contributed by atoms with E-state index in [0.717, 1.165) is 12.0 Å². The number of nitrogens with zero attached hydrogens (tertiary/aromatic N) is 4. The van der Waals surface area contributed by atoms with Gasteiger partial charge in [0.05, 0.1) is 23.9 Å². The Morgan fingerprint density at radius 3 is 2.02 bits per heavy atom. The molecule has 1 aromatic heterocycles. The first-order valence-corrected chi connectivity index (χ1v) is 14.0. The second-order valence-electron chi connectivity index (χ2n) is 11.6. The summed E-state index contributed by atoms with van der Waals surface area (Å²) in [5.74, 6) is 0. The predicted molar refractivity (Wildman–Crippen MR) is 145 cm³/mol. The zero-order valence-electron chi connectivity index (χ0n) is 25.1. The van der Waals surface area contributed by atoms with Gasteiger partial charge in [-0.2, -0.15) is 31.4 Å². The molecule has 43 heavy (non-hydrogen) atoms. The van der Waals surface area contributed by atoms with Crippen molar-refractivity contribution in [2.45, 2.75) is 109 Å². The van der Waals surface area contributed by atoms with Crippen molar-refractivity contribution in [3.8, 4) is 0 Å². The van der Waals surface area contributed by atoms with E-state index in [4.69, 9.17) is 9.47 Å². The molecule has 0 N–H and O–H groups in total. The molecule has 2 heterocycles. The molecule has 240 valence electrons. The number of hydrogen-bond acceptors (Lipinski definition) is 5. The molecular weight excluding hydrogens is 582 g/mol. The number of benzene rings is 1. The molecule has 0 spiro atoms. The van der Waals surface area contributed by atoms with Crippen molar-refractivity contribution in [2.24, 2.45) is 0 Å². The van der Waals surface area contributed by atoms with E-state index in [1.54, 1.807) is 42.6 Å². The largest absolute Gasteiger partial charge is 0.453 e. The highest BCUT2D eigenvalue weighted by molar-refractivity contribution is 5.70. The van der Waals surface area contributed by atoms with E-state index < -0.39 is 65.9 Å². The van der Waals surface area contributed by atoms with Crippen LogP contribution in [0.1, 0.15) is 76.3 Å². The molecule has 14 heteroatoms. The number of alkyl halides is 6. The van der Waals surface area contributed by atoms with Gasteiger partial charge in [0.1, 0.15) is 5.60 Å². The molecule has 0 aliphatic carbocycles. The average molecular weight is 621 g/mol. The van der Waals surface area contributed by atoms with Crippen LogP contribution in [0.3, 0.4) is 0 Å². The maximum atomic E-state index is 13.5. The van der Waals surface area contributed by atoms with Gasteiger partial charge in [-0.3, -0.25) is 4.68 Å². The summed E-state index contributed by atoms with van der Waals surface area (Å²) >= 11 is 0. The molecule has 3 rings (SSSR count). The molecule has 1 saturated heterocycles. The number of ether oxygens (including phenoxy) is 2. The van der Waals surface area contributed by atoms with Gasteiger partial charge < -0.3 is 19.3 Å². The normalized spacial score (nSPS) is 19.7. The van der Waals surface area contributed by atoms with Gasteiger partial charge in [-0.1, -0.05) is 6.92 Å². The van der Waals surface area contributed by atoms with E-state index >= 15 is 0 Å². The third-order valence-corrected chi connectivity index (χ3v) is 7.27. The van der Waals surface area contributed by atoms with Crippen LogP contribution in [0.4, 0.5) is 35.9 Å². The van der Waals surface area contributed by atoms with Gasteiger partial charge in [-0.05, 0) is 76.8 Å². The minimum absolute atomic E-state index is 0.0455. The van der Waals surface area contributed by atoms with E-state index in [1.807, 2.05) is 13.8 Å². The zero-order valence-corrected chi connectivity index (χ0v) is 25.1. The van der Waals surface area contributed by atoms with Crippen LogP contribution in [0.5, 0.6) is 0 Å². The minimum Gasteiger partial charge on any atom is -0.453 e. The topological polar surface area (TPSA) is 76.9 Å². The van der Waals surface area contributed by atoms with Crippen molar-refractivity contribution in [3.05, 3.63) is 52.8 Å². The Morgan fingerprint density at radius 2 is 1.56 bits per heavy atom. The van der Waals surface area contributed by atoms with Gasteiger partial charge in [-0.25, -0.2) is 9.59 Å². The number of halogens is 6. The molecule has 1 aliphatic rings. The van der Waals surface area contributed by atoms with E-state index in [-0.39, 0.29) is 30.9 Å². The van der Waals surface area contributed by atoms with Crippen LogP contribution < -0.4 is 0 Å². The van der Waals surface area contributed by atoms with Crippen LogP contribution in [0, 0.1) is 0 Å². The summed E-state index contributed by atoms with van der Waals surface area (Å²) in [5, 5.41) is 4.52. The molecule has 3 atom stereocenters. The Bertz CT molecular complexity index is 1240. The summed E-state index contributed by atoms with van der Waals surface area (Å²) in [4.78, 5) is 29.2. The van der Waals surface area contributed by atoms with Crippen molar-refractivity contribution >= 4 is 12.2 Å². The van der Waals surface area contributed by atoms with Gasteiger partial charge in [0.2, 0.25) is 0 Å². The van der Waals surface area contributed by atoms with Crippen molar-refractivity contribution in [3.63, 3.8) is 0 Å². The Morgan fingerprint density at radius 1 is 0.977 bits per heavy atom. The van der Waals surface area contributed by atoms with Gasteiger partial charge in [0.15, 0.2) is 0 Å². The third-order valence-electron chi connectivity index (χ3n) is 7.27. The zero-order chi connectivity index (χ0) is 32.3. The quantitative estimate of drug-likeness (QED) is 0.304. The standard InChI is InChI=1S/C29H38F6N4O4/c1-7-22-15-23(16-24(14-21-9-10-37(8-2)36-21)39(22)26(41)43-27(3,4)5)38(25(40)42-6)17-18-11-19(28(30,31)32)13-20(12-18)29(33,34)35/h9-13,22-24H,7-8,14-17H2,1-6H3/t22-,23+,24+/m1/s1. The van der Waals surface area contributed by atoms with Gasteiger partial charge in [0, 0.05) is 43.8 Å². The summed E-state index contributed by atoms with van der Waals surface area (Å²) in [6.07, 6.45) is -8.65. The van der Waals surface area contributed by atoms with Crippen LogP contribution in [-0.2, 0) is 41.3 Å². The van der Waals surface area contributed by atoms with Crippen LogP contribution in [0.2, 0.25) is 0 Å². The number of carbonyl (C=O) groups excluding carboxylic acids is 2. The van der Waals surface area contributed by atoms with Gasteiger partial charge in [0.25, 0.3) is 0 Å². The minimum atomic E-state index is -5.04. The van der Waals surface area contributed by atoms with Crippen molar-refractivity contribution in [1.29, 1.82) is 0 Å². The fourth-order valence-electron chi connectivity index (χ4n) is 5.36. The molecule has 1 aromatic carbocycles. The first-order chi connectivity index (χ1) is 19.9. The molecule has 0 bridgehead atoms.